The largest absolute Gasteiger partial charge is 0.416 e. The van der Waals surface area contributed by atoms with Crippen LogP contribution in [0.1, 0.15) is 75.1 Å². The number of alkyl halides is 3. The summed E-state index contributed by atoms with van der Waals surface area (Å²) < 4.78 is 45.7. The summed E-state index contributed by atoms with van der Waals surface area (Å²) in [5.74, 6) is 0.104. The van der Waals surface area contributed by atoms with Gasteiger partial charge in [-0.15, -0.1) is 0 Å². The van der Waals surface area contributed by atoms with Gasteiger partial charge in [0.2, 0.25) is 5.91 Å². The number of fused-ring (bicyclic) bond motifs is 1. The Morgan fingerprint density at radius 3 is 2.62 bits per heavy atom. The average molecular weight is 408 g/mol. The maximum absolute atomic E-state index is 13.4. The molecular formula is C22H27F3N2O2. The number of aryl methyl sites for hydroxylation is 1. The van der Waals surface area contributed by atoms with E-state index in [4.69, 9.17) is 4.52 Å². The molecule has 1 aromatic carbocycles. The molecule has 0 aliphatic heterocycles. The fraction of sp³-hybridized carbons (Fsp3) is 0.545. The normalized spacial score (nSPS) is 13.9. The summed E-state index contributed by atoms with van der Waals surface area (Å²) >= 11 is 0. The molecule has 1 heterocycles. The third-order valence-corrected chi connectivity index (χ3v) is 5.27. The number of nitrogens with one attached hydrogen (secondary N) is 1. The lowest BCUT2D eigenvalue weighted by Gasteiger charge is -2.14. The fourth-order valence-corrected chi connectivity index (χ4v) is 3.72. The summed E-state index contributed by atoms with van der Waals surface area (Å²) in [6.45, 7) is 2.11. The number of rotatable bonds is 8. The van der Waals surface area contributed by atoms with Gasteiger partial charge >= 0.3 is 6.18 Å². The number of carbonyl (C=O) groups is 1. The second-order valence-electron chi connectivity index (χ2n) is 7.65. The summed E-state index contributed by atoms with van der Waals surface area (Å²) in [6, 6.07) is 3.58. The van der Waals surface area contributed by atoms with E-state index in [9.17, 15) is 18.0 Å². The van der Waals surface area contributed by atoms with E-state index in [2.05, 4.69) is 17.4 Å². The maximum Gasteiger partial charge on any atom is 0.416 e. The topological polar surface area (TPSA) is 55.1 Å². The Balaban J connectivity index is 1.80. The smallest absolute Gasteiger partial charge is 0.356 e. The number of hydrogen-bond acceptors (Lipinski definition) is 3. The van der Waals surface area contributed by atoms with Crippen LogP contribution in [0.5, 0.6) is 0 Å². The van der Waals surface area contributed by atoms with Crippen LogP contribution < -0.4 is 5.32 Å². The van der Waals surface area contributed by atoms with Gasteiger partial charge < -0.3 is 9.84 Å². The molecule has 4 nitrogen and oxygen atoms in total. The molecule has 0 unspecified atom stereocenters. The van der Waals surface area contributed by atoms with Gasteiger partial charge in [-0.3, -0.25) is 4.79 Å². The highest BCUT2D eigenvalue weighted by Crippen LogP contribution is 2.38. The summed E-state index contributed by atoms with van der Waals surface area (Å²) in [5, 5.41) is 6.66. The fourth-order valence-electron chi connectivity index (χ4n) is 3.72. The van der Waals surface area contributed by atoms with Crippen molar-refractivity contribution < 1.29 is 22.5 Å². The lowest BCUT2D eigenvalue weighted by atomic mass is 9.93. The zero-order valence-electron chi connectivity index (χ0n) is 16.7. The summed E-state index contributed by atoms with van der Waals surface area (Å²) in [5.41, 5.74) is 1.32. The van der Waals surface area contributed by atoms with Crippen molar-refractivity contribution in [3.05, 3.63) is 35.0 Å². The average Bonchev–Trinajstić information content (AvgIpc) is 3.11. The zero-order valence-corrected chi connectivity index (χ0v) is 16.7. The number of aromatic nitrogens is 1. The van der Waals surface area contributed by atoms with Crippen LogP contribution in [0, 0.1) is 0 Å². The predicted octanol–water partition coefficient (Wildman–Crippen LogP) is 6.54. The molecule has 0 spiro atoms. The zero-order chi connectivity index (χ0) is 20.9. The Labute approximate surface area is 168 Å². The van der Waals surface area contributed by atoms with Crippen LogP contribution in [0.25, 0.3) is 11.3 Å². The molecule has 1 aromatic heterocycles. The number of nitrogens with zero attached hydrogens (tertiary/aromatic N) is 1. The Morgan fingerprint density at radius 2 is 1.86 bits per heavy atom. The van der Waals surface area contributed by atoms with Crippen molar-refractivity contribution in [3.63, 3.8) is 0 Å². The molecule has 2 aromatic rings. The van der Waals surface area contributed by atoms with Gasteiger partial charge in [-0.05, 0) is 50.3 Å². The number of halogens is 3. The van der Waals surface area contributed by atoms with E-state index in [-0.39, 0.29) is 11.6 Å². The Hall–Kier alpha value is -2.31. The van der Waals surface area contributed by atoms with E-state index >= 15 is 0 Å². The van der Waals surface area contributed by atoms with Crippen molar-refractivity contribution in [2.45, 2.75) is 77.3 Å². The van der Waals surface area contributed by atoms with Gasteiger partial charge in [0.05, 0.1) is 11.3 Å². The molecule has 0 saturated heterocycles. The van der Waals surface area contributed by atoms with Crippen LogP contribution >= 0.6 is 0 Å². The van der Waals surface area contributed by atoms with Crippen LogP contribution in [0.4, 0.5) is 18.9 Å². The third-order valence-electron chi connectivity index (χ3n) is 5.27. The molecule has 158 valence electrons. The summed E-state index contributed by atoms with van der Waals surface area (Å²) in [7, 11) is 0. The monoisotopic (exact) mass is 408 g/mol. The van der Waals surface area contributed by atoms with E-state index in [1.807, 2.05) is 0 Å². The van der Waals surface area contributed by atoms with Crippen LogP contribution in [0.2, 0.25) is 0 Å². The molecule has 1 aliphatic carbocycles. The number of hydrogen-bond donors (Lipinski definition) is 1. The van der Waals surface area contributed by atoms with Gasteiger partial charge in [0.15, 0.2) is 5.76 Å². The number of anilines is 1. The first-order chi connectivity index (χ1) is 13.9. The first kappa shape index (κ1) is 21.4. The van der Waals surface area contributed by atoms with Crippen LogP contribution in [-0.4, -0.2) is 11.1 Å². The highest BCUT2D eigenvalue weighted by Gasteiger charge is 2.32. The minimum atomic E-state index is -4.52. The number of amides is 1. The van der Waals surface area contributed by atoms with Crippen molar-refractivity contribution in [1.29, 1.82) is 0 Å². The second kappa shape index (κ2) is 9.46. The Kier molecular flexibility index (Phi) is 6.98. The van der Waals surface area contributed by atoms with Gasteiger partial charge in [0.1, 0.15) is 0 Å². The minimum absolute atomic E-state index is 0.134. The number of carbonyl (C=O) groups excluding carboxylic acids is 1. The van der Waals surface area contributed by atoms with Gasteiger partial charge in [-0.25, -0.2) is 0 Å². The first-order valence-electron chi connectivity index (χ1n) is 10.4. The second-order valence-corrected chi connectivity index (χ2v) is 7.65. The minimum Gasteiger partial charge on any atom is -0.356 e. The highest BCUT2D eigenvalue weighted by molar-refractivity contribution is 5.91. The maximum atomic E-state index is 13.4. The molecular weight excluding hydrogens is 381 g/mol. The predicted molar refractivity (Wildman–Crippen MR) is 106 cm³/mol. The van der Waals surface area contributed by atoms with Gasteiger partial charge in [-0.1, -0.05) is 37.8 Å². The number of benzene rings is 1. The van der Waals surface area contributed by atoms with Crippen molar-refractivity contribution in [2.24, 2.45) is 0 Å². The van der Waals surface area contributed by atoms with Gasteiger partial charge in [0.25, 0.3) is 0 Å². The van der Waals surface area contributed by atoms with Crippen molar-refractivity contribution in [3.8, 4) is 11.3 Å². The molecule has 1 amide bonds. The van der Waals surface area contributed by atoms with Crippen LogP contribution in [-0.2, 0) is 23.8 Å². The molecule has 3 rings (SSSR count). The van der Waals surface area contributed by atoms with E-state index in [1.54, 1.807) is 6.07 Å². The molecule has 1 aliphatic rings. The lowest BCUT2D eigenvalue weighted by Crippen LogP contribution is -2.13. The molecule has 7 heteroatoms. The Morgan fingerprint density at radius 1 is 1.10 bits per heavy atom. The molecule has 0 bridgehead atoms. The molecule has 1 N–H and O–H groups in total. The lowest BCUT2D eigenvalue weighted by molar-refractivity contribution is -0.137. The van der Waals surface area contributed by atoms with E-state index in [0.717, 1.165) is 81.2 Å². The van der Waals surface area contributed by atoms with Crippen molar-refractivity contribution in [1.82, 2.24) is 5.16 Å². The van der Waals surface area contributed by atoms with Crippen LogP contribution in [0.3, 0.4) is 0 Å². The molecule has 0 saturated carbocycles. The van der Waals surface area contributed by atoms with E-state index in [0.29, 0.717) is 17.7 Å². The SMILES string of the molecule is CCCCCCCC(=O)Nc1cc(-c2onc3c2CCCC3)cc(C(F)(F)F)c1. The summed E-state index contributed by atoms with van der Waals surface area (Å²) in [4.78, 5) is 12.2. The van der Waals surface area contributed by atoms with E-state index < -0.39 is 11.7 Å². The highest BCUT2D eigenvalue weighted by atomic mass is 19.4. The molecule has 0 radical (unpaired) electrons. The van der Waals surface area contributed by atoms with E-state index in [1.165, 1.54) is 0 Å². The molecule has 29 heavy (non-hydrogen) atoms. The van der Waals surface area contributed by atoms with Crippen molar-refractivity contribution in [2.75, 3.05) is 5.32 Å². The molecule has 0 atom stereocenters. The third kappa shape index (κ3) is 5.61. The quantitative estimate of drug-likeness (QED) is 0.505. The Bertz CT molecular complexity index is 843. The standard InChI is InChI=1S/C22H27F3N2O2/c1-2-3-4-5-6-11-20(28)26-17-13-15(12-16(14-17)22(23,24)25)21-18-9-7-8-10-19(18)27-29-21/h12-14H,2-11H2,1H3,(H,26,28). The van der Waals surface area contributed by atoms with Gasteiger partial charge in [-0.2, -0.15) is 13.2 Å². The first-order valence-corrected chi connectivity index (χ1v) is 10.4. The molecule has 0 fully saturated rings. The van der Waals surface area contributed by atoms with Gasteiger partial charge in [0, 0.05) is 23.2 Å². The number of unbranched alkanes of at least 4 members (excludes halogenated alkanes) is 4. The van der Waals surface area contributed by atoms with Crippen molar-refractivity contribution >= 4 is 11.6 Å². The van der Waals surface area contributed by atoms with Crippen LogP contribution in [0.15, 0.2) is 22.7 Å². The summed E-state index contributed by atoms with van der Waals surface area (Å²) in [6.07, 6.45) is 4.24.